The summed E-state index contributed by atoms with van der Waals surface area (Å²) >= 11 is 2.02. The van der Waals surface area contributed by atoms with Crippen molar-refractivity contribution in [1.29, 1.82) is 0 Å². The van der Waals surface area contributed by atoms with Crippen molar-refractivity contribution in [2.45, 2.75) is 6.42 Å². The van der Waals surface area contributed by atoms with Gasteiger partial charge in [0, 0.05) is 0 Å². The number of halogens is 2. The average molecular weight is 215 g/mol. The largest absolute Gasteiger partial charge is 1.00 e. The standard InChI is InChI=1S/C6H5O.2ClH.V/c7-5-6-3-1-2-4-6;;;/h1-3H,4H2;2*1H;/q;;;+2/p-2. The molecular formula is C6H5Cl2OV. The third-order valence-electron chi connectivity index (χ3n) is 1.05. The molecule has 1 aliphatic carbocycles. The summed E-state index contributed by atoms with van der Waals surface area (Å²) in [6.45, 7) is 0. The second-order valence-electron chi connectivity index (χ2n) is 1.63. The van der Waals surface area contributed by atoms with Crippen LogP contribution in [0.1, 0.15) is 6.42 Å². The zero-order valence-corrected chi connectivity index (χ0v) is 7.96. The van der Waals surface area contributed by atoms with Crippen molar-refractivity contribution in [3.8, 4) is 0 Å². The van der Waals surface area contributed by atoms with E-state index in [1.165, 1.54) is 0 Å². The molecule has 0 heterocycles. The Morgan fingerprint density at radius 2 is 2.10 bits per heavy atom. The summed E-state index contributed by atoms with van der Waals surface area (Å²) in [5, 5.41) is 0. The van der Waals surface area contributed by atoms with Crippen LogP contribution in [0, 0.1) is 0 Å². The molecule has 1 nitrogen and oxygen atoms in total. The van der Waals surface area contributed by atoms with Crippen molar-refractivity contribution in [1.82, 2.24) is 0 Å². The molecule has 4 heteroatoms. The van der Waals surface area contributed by atoms with Crippen LogP contribution in [0.2, 0.25) is 0 Å². The zero-order valence-electron chi connectivity index (χ0n) is 5.05. The molecule has 0 fully saturated rings. The van der Waals surface area contributed by atoms with Gasteiger partial charge in [-0.1, -0.05) is 0 Å². The summed E-state index contributed by atoms with van der Waals surface area (Å²) in [5.74, 6) is 0. The van der Waals surface area contributed by atoms with Crippen LogP contribution in [0.25, 0.3) is 0 Å². The summed E-state index contributed by atoms with van der Waals surface area (Å²) in [5.41, 5.74) is 0.894. The van der Waals surface area contributed by atoms with Gasteiger partial charge in [0.25, 0.3) is 0 Å². The zero-order chi connectivity index (χ0) is 5.98. The molecule has 0 aromatic carbocycles. The third kappa shape index (κ3) is 3.47. The molecule has 0 aliphatic heterocycles. The van der Waals surface area contributed by atoms with Crippen LogP contribution < -0.4 is 24.8 Å². The number of carbonyl (C=O) groups is 1. The van der Waals surface area contributed by atoms with Gasteiger partial charge in [0.1, 0.15) is 0 Å². The molecule has 1 aliphatic rings. The molecule has 0 N–H and O–H groups in total. The molecule has 0 aromatic rings. The molecule has 0 aromatic heterocycles. The first-order valence-corrected chi connectivity index (χ1v) is 3.09. The summed E-state index contributed by atoms with van der Waals surface area (Å²) in [6.07, 6.45) is 6.54. The van der Waals surface area contributed by atoms with E-state index in [4.69, 9.17) is 0 Å². The molecule has 0 radical (unpaired) electrons. The van der Waals surface area contributed by atoms with Crippen LogP contribution >= 0.6 is 0 Å². The molecule has 0 saturated heterocycles. The predicted molar refractivity (Wildman–Crippen MR) is 26.8 cm³/mol. The molecule has 0 unspecified atom stereocenters. The minimum absolute atomic E-state index is 0. The first kappa shape index (κ1) is 12.9. The van der Waals surface area contributed by atoms with Crippen LogP contribution in [0.5, 0.6) is 0 Å². The third-order valence-corrected chi connectivity index (χ3v) is 1.49. The Bertz CT molecular complexity index is 175. The Balaban J connectivity index is 0. The fourth-order valence-corrected chi connectivity index (χ4v) is 0.865. The minimum Gasteiger partial charge on any atom is -1.00 e. The van der Waals surface area contributed by atoms with E-state index in [9.17, 15) is 4.79 Å². The van der Waals surface area contributed by atoms with E-state index < -0.39 is 0 Å². The monoisotopic (exact) mass is 214 g/mol. The van der Waals surface area contributed by atoms with Crippen LogP contribution in [0.4, 0.5) is 0 Å². The predicted octanol–water partition coefficient (Wildman–Crippen LogP) is -5.05. The Kier molecular flexibility index (Phi) is 7.83. The molecule has 0 spiro atoms. The Hall–Kier alpha value is 0.314. The molecule has 0 atom stereocenters. The van der Waals surface area contributed by atoms with E-state index in [-0.39, 0.29) is 29.3 Å². The second-order valence-corrected chi connectivity index (χ2v) is 2.26. The van der Waals surface area contributed by atoms with Crippen molar-refractivity contribution in [2.75, 3.05) is 0 Å². The fraction of sp³-hybridized carbons (Fsp3) is 0.167. The smallest absolute Gasteiger partial charge is 1.00 e. The van der Waals surface area contributed by atoms with Crippen molar-refractivity contribution in [2.24, 2.45) is 0 Å². The maximum absolute atomic E-state index is 10.5. The molecule has 10 heavy (non-hydrogen) atoms. The molecule has 1 rings (SSSR count). The van der Waals surface area contributed by atoms with E-state index in [0.29, 0.717) is 0 Å². The first-order valence-electron chi connectivity index (χ1n) is 2.39. The van der Waals surface area contributed by atoms with Gasteiger partial charge in [-0.3, -0.25) is 0 Å². The molecule has 0 bridgehead atoms. The Morgan fingerprint density at radius 1 is 1.50 bits per heavy atom. The number of hydrogen-bond acceptors (Lipinski definition) is 1. The average Bonchev–Trinajstić information content (AvgIpc) is 2.12. The van der Waals surface area contributed by atoms with Gasteiger partial charge < -0.3 is 24.8 Å². The van der Waals surface area contributed by atoms with Crippen molar-refractivity contribution >= 4 is 4.49 Å². The SMILES string of the molecule is O=[C]([V+2])C1=CC=CC1.[Cl-].[Cl-]. The minimum atomic E-state index is 0. The fourth-order valence-electron chi connectivity index (χ4n) is 0.606. The van der Waals surface area contributed by atoms with E-state index in [0.717, 1.165) is 12.0 Å². The first-order chi connectivity index (χ1) is 3.80. The van der Waals surface area contributed by atoms with Gasteiger partial charge in [0.2, 0.25) is 0 Å². The number of hydrogen-bond donors (Lipinski definition) is 0. The number of allylic oxidation sites excluding steroid dienone is 4. The van der Waals surface area contributed by atoms with Crippen molar-refractivity contribution < 1.29 is 47.0 Å². The topological polar surface area (TPSA) is 17.1 Å². The maximum atomic E-state index is 10.5. The van der Waals surface area contributed by atoms with Crippen LogP contribution in [0.3, 0.4) is 0 Å². The quantitative estimate of drug-likeness (QED) is 0.428. The van der Waals surface area contributed by atoms with Crippen molar-refractivity contribution in [3.63, 3.8) is 0 Å². The van der Waals surface area contributed by atoms with Gasteiger partial charge >= 0.3 is 56.9 Å². The number of rotatable bonds is 1. The number of carbonyl (C=O) groups excluding carboxylic acids is 1. The van der Waals surface area contributed by atoms with Crippen LogP contribution in [0.15, 0.2) is 23.8 Å². The molecular weight excluding hydrogens is 210 g/mol. The van der Waals surface area contributed by atoms with E-state index in [1.807, 2.05) is 35.7 Å². The second kappa shape index (κ2) is 6.05. The van der Waals surface area contributed by atoms with Gasteiger partial charge in [-0.15, -0.1) is 0 Å². The summed E-state index contributed by atoms with van der Waals surface area (Å²) < 4.78 is 0.127. The van der Waals surface area contributed by atoms with E-state index >= 15 is 0 Å². The summed E-state index contributed by atoms with van der Waals surface area (Å²) in [6, 6.07) is 0. The Morgan fingerprint density at radius 3 is 2.30 bits per heavy atom. The summed E-state index contributed by atoms with van der Waals surface area (Å²) in [4.78, 5) is 10.5. The molecule has 54 valence electrons. The summed E-state index contributed by atoms with van der Waals surface area (Å²) in [7, 11) is 0. The van der Waals surface area contributed by atoms with Gasteiger partial charge in [-0.05, 0) is 0 Å². The molecule has 0 amide bonds. The molecule has 0 saturated carbocycles. The van der Waals surface area contributed by atoms with E-state index in [2.05, 4.69) is 0 Å². The Labute approximate surface area is 81.7 Å². The van der Waals surface area contributed by atoms with Crippen molar-refractivity contribution in [3.05, 3.63) is 23.8 Å². The maximum Gasteiger partial charge on any atom is -1.00 e. The van der Waals surface area contributed by atoms with Gasteiger partial charge in [0.15, 0.2) is 0 Å². The van der Waals surface area contributed by atoms with E-state index in [1.54, 1.807) is 0 Å². The normalized spacial score (nSPS) is 12.9. The van der Waals surface area contributed by atoms with Gasteiger partial charge in [0.05, 0.1) is 0 Å². The van der Waals surface area contributed by atoms with Gasteiger partial charge in [-0.25, -0.2) is 0 Å². The van der Waals surface area contributed by atoms with Gasteiger partial charge in [-0.2, -0.15) is 0 Å². The van der Waals surface area contributed by atoms with Crippen LogP contribution in [-0.4, -0.2) is 4.49 Å². The van der Waals surface area contributed by atoms with Crippen LogP contribution in [-0.2, 0) is 22.2 Å².